The first-order valence-corrected chi connectivity index (χ1v) is 9.77. The summed E-state index contributed by atoms with van der Waals surface area (Å²) in [5.74, 6) is -5.83. The van der Waals surface area contributed by atoms with Crippen molar-refractivity contribution in [2.24, 2.45) is 0 Å². The quantitative estimate of drug-likeness (QED) is 0.158. The summed E-state index contributed by atoms with van der Waals surface area (Å²) in [6, 6.07) is 5.84. The third kappa shape index (κ3) is 12.4. The minimum absolute atomic E-state index is 0. The molecule has 0 aliphatic heterocycles. The van der Waals surface area contributed by atoms with Gasteiger partial charge in [-0.15, -0.1) is 17.0 Å². The number of rotatable bonds is 14. The number of aromatic nitrogens is 1. The molecule has 0 fully saturated rings. The Hall–Kier alpha value is -1.32. The van der Waals surface area contributed by atoms with Crippen LogP contribution in [0.25, 0.3) is 0 Å². The van der Waals surface area contributed by atoms with Gasteiger partial charge in [-0.3, -0.25) is 9.78 Å². The monoisotopic (exact) mass is 507 g/mol. The molecule has 1 aromatic heterocycles. The predicted octanol–water partition coefficient (Wildman–Crippen LogP) is 6.79. The molecule has 0 aromatic carbocycles. The number of nitrogens with zero attached hydrogens (tertiary/aromatic N) is 1. The standard InChI is InChI=1S/C20H27F6NO2.BrH/c21-18(20(24,25)26)19(22,23)15-29-17(28)13-8-6-4-2-1-3-5-7-11-16-12-9-10-14-27-16;/h9-10,12,14,18H,1-8,11,13,15H2;1H. The molecule has 3 nitrogen and oxygen atoms in total. The largest absolute Gasteiger partial charge is 0.459 e. The topological polar surface area (TPSA) is 39.2 Å². The molecule has 0 radical (unpaired) electrons. The van der Waals surface area contributed by atoms with Gasteiger partial charge in [-0.1, -0.05) is 44.6 Å². The Labute approximate surface area is 183 Å². The van der Waals surface area contributed by atoms with Crippen molar-refractivity contribution in [3.05, 3.63) is 30.1 Å². The van der Waals surface area contributed by atoms with Crippen LogP contribution in [0.5, 0.6) is 0 Å². The maximum absolute atomic E-state index is 13.0. The third-order valence-electron chi connectivity index (χ3n) is 4.37. The van der Waals surface area contributed by atoms with E-state index in [1.807, 2.05) is 18.2 Å². The van der Waals surface area contributed by atoms with E-state index in [2.05, 4.69) is 9.72 Å². The summed E-state index contributed by atoms with van der Waals surface area (Å²) >= 11 is 0. The van der Waals surface area contributed by atoms with Crippen LogP contribution in [0.15, 0.2) is 24.4 Å². The van der Waals surface area contributed by atoms with E-state index in [0.29, 0.717) is 12.8 Å². The van der Waals surface area contributed by atoms with E-state index in [4.69, 9.17) is 0 Å². The number of esters is 1. The van der Waals surface area contributed by atoms with Crippen LogP contribution >= 0.6 is 17.0 Å². The lowest BCUT2D eigenvalue weighted by molar-refractivity contribution is -0.254. The Morgan fingerprint density at radius 3 is 2.03 bits per heavy atom. The van der Waals surface area contributed by atoms with Crippen molar-refractivity contribution < 1.29 is 35.9 Å². The lowest BCUT2D eigenvalue weighted by Crippen LogP contribution is -2.45. The molecule has 1 aromatic rings. The van der Waals surface area contributed by atoms with Crippen molar-refractivity contribution in [3.8, 4) is 0 Å². The summed E-state index contributed by atoms with van der Waals surface area (Å²) < 4.78 is 78.7. The van der Waals surface area contributed by atoms with Crippen LogP contribution in [0.2, 0.25) is 0 Å². The van der Waals surface area contributed by atoms with Crippen molar-refractivity contribution in [1.29, 1.82) is 0 Å². The molecule has 1 heterocycles. The van der Waals surface area contributed by atoms with Gasteiger partial charge in [0.25, 0.3) is 6.17 Å². The molecule has 1 atom stereocenters. The van der Waals surface area contributed by atoms with Crippen molar-refractivity contribution in [3.63, 3.8) is 0 Å². The third-order valence-corrected chi connectivity index (χ3v) is 4.37. The molecular weight excluding hydrogens is 480 g/mol. The molecule has 0 saturated carbocycles. The smallest absolute Gasteiger partial charge is 0.425 e. The number of carbonyl (C=O) groups excluding carboxylic acids is 1. The lowest BCUT2D eigenvalue weighted by atomic mass is 10.1. The first kappa shape index (κ1) is 28.7. The van der Waals surface area contributed by atoms with Gasteiger partial charge in [0.2, 0.25) is 0 Å². The number of alkyl halides is 6. The van der Waals surface area contributed by atoms with E-state index in [1.54, 1.807) is 6.20 Å². The second kappa shape index (κ2) is 14.6. The molecule has 0 amide bonds. The van der Waals surface area contributed by atoms with Gasteiger partial charge in [-0.2, -0.15) is 22.0 Å². The number of hydrogen-bond acceptors (Lipinski definition) is 3. The number of ether oxygens (including phenoxy) is 1. The Kier molecular flexibility index (Phi) is 14.0. The van der Waals surface area contributed by atoms with Crippen molar-refractivity contribution in [2.75, 3.05) is 6.61 Å². The Morgan fingerprint density at radius 1 is 0.933 bits per heavy atom. The molecule has 0 aliphatic rings. The fraction of sp³-hybridized carbons (Fsp3) is 0.700. The SMILES string of the molecule is Br.O=C(CCCCCCCCCCc1ccccn1)OCC(F)(F)C(F)C(F)(F)F. The average Bonchev–Trinajstić information content (AvgIpc) is 2.67. The van der Waals surface area contributed by atoms with Crippen LogP contribution in [0.3, 0.4) is 0 Å². The molecule has 1 unspecified atom stereocenters. The van der Waals surface area contributed by atoms with Gasteiger partial charge >= 0.3 is 18.1 Å². The summed E-state index contributed by atoms with van der Waals surface area (Å²) in [5, 5.41) is 0. The zero-order valence-electron chi connectivity index (χ0n) is 16.6. The van der Waals surface area contributed by atoms with Gasteiger partial charge in [-0.05, 0) is 31.4 Å². The summed E-state index contributed by atoms with van der Waals surface area (Å²) in [7, 11) is 0. The van der Waals surface area contributed by atoms with Crippen LogP contribution in [0.4, 0.5) is 26.3 Å². The zero-order chi connectivity index (χ0) is 21.8. The van der Waals surface area contributed by atoms with Gasteiger partial charge in [0.15, 0.2) is 6.61 Å². The first-order chi connectivity index (χ1) is 13.6. The van der Waals surface area contributed by atoms with E-state index in [-0.39, 0.29) is 23.4 Å². The molecule has 10 heteroatoms. The van der Waals surface area contributed by atoms with Gasteiger partial charge in [0, 0.05) is 18.3 Å². The van der Waals surface area contributed by atoms with Crippen molar-refractivity contribution in [2.45, 2.75) is 82.5 Å². The second-order valence-corrected chi connectivity index (χ2v) is 6.98. The van der Waals surface area contributed by atoms with Gasteiger partial charge < -0.3 is 4.74 Å². The number of halogens is 7. The zero-order valence-corrected chi connectivity index (χ0v) is 18.3. The highest BCUT2D eigenvalue weighted by atomic mass is 79.9. The van der Waals surface area contributed by atoms with Crippen molar-refractivity contribution >= 4 is 23.0 Å². The minimum atomic E-state index is -5.70. The number of unbranched alkanes of at least 4 members (excludes halogenated alkanes) is 7. The summed E-state index contributed by atoms with van der Waals surface area (Å²) in [6.45, 7) is -1.91. The van der Waals surface area contributed by atoms with Gasteiger partial charge in [0.1, 0.15) is 0 Å². The highest BCUT2D eigenvalue weighted by molar-refractivity contribution is 8.93. The van der Waals surface area contributed by atoms with Crippen LogP contribution in [0.1, 0.15) is 63.5 Å². The molecule has 0 aliphatic carbocycles. The van der Waals surface area contributed by atoms with Crippen LogP contribution in [-0.4, -0.2) is 35.8 Å². The summed E-state index contributed by atoms with van der Waals surface area (Å²) in [6.07, 6.45) is -0.269. The van der Waals surface area contributed by atoms with Crippen molar-refractivity contribution in [1.82, 2.24) is 4.98 Å². The van der Waals surface area contributed by atoms with E-state index in [9.17, 15) is 31.1 Å². The number of hydrogen-bond donors (Lipinski definition) is 0. The first-order valence-electron chi connectivity index (χ1n) is 9.77. The van der Waals surface area contributed by atoms with E-state index in [1.165, 1.54) is 0 Å². The molecule has 0 saturated heterocycles. The van der Waals surface area contributed by atoms with E-state index < -0.39 is 30.8 Å². The number of aryl methyl sites for hydroxylation is 1. The molecule has 0 spiro atoms. The normalized spacial score (nSPS) is 12.9. The average molecular weight is 508 g/mol. The van der Waals surface area contributed by atoms with Crippen LogP contribution in [-0.2, 0) is 16.0 Å². The molecule has 30 heavy (non-hydrogen) atoms. The van der Waals surface area contributed by atoms with E-state index in [0.717, 1.165) is 50.6 Å². The lowest BCUT2D eigenvalue weighted by Gasteiger charge is -2.22. The maximum Gasteiger partial charge on any atom is 0.425 e. The van der Waals surface area contributed by atoms with Crippen LogP contribution in [0, 0.1) is 0 Å². The Morgan fingerprint density at radius 2 is 1.50 bits per heavy atom. The van der Waals surface area contributed by atoms with Gasteiger partial charge in [-0.25, -0.2) is 4.39 Å². The molecule has 0 bridgehead atoms. The maximum atomic E-state index is 13.0. The van der Waals surface area contributed by atoms with Crippen LogP contribution < -0.4 is 0 Å². The van der Waals surface area contributed by atoms with Gasteiger partial charge in [0.05, 0.1) is 0 Å². The predicted molar refractivity (Wildman–Crippen MR) is 107 cm³/mol. The summed E-state index contributed by atoms with van der Waals surface area (Å²) in [5.41, 5.74) is 1.08. The second-order valence-electron chi connectivity index (χ2n) is 6.98. The fourth-order valence-electron chi connectivity index (χ4n) is 2.74. The molecule has 1 rings (SSSR count). The highest BCUT2D eigenvalue weighted by Gasteiger charge is 2.57. The Bertz CT molecular complexity index is 586. The minimum Gasteiger partial charge on any atom is -0.459 e. The number of carbonyl (C=O) groups is 1. The summed E-state index contributed by atoms with van der Waals surface area (Å²) in [4.78, 5) is 15.6. The number of pyridine rings is 1. The molecular formula is C20H28BrF6NO2. The fourth-order valence-corrected chi connectivity index (χ4v) is 2.74. The molecule has 174 valence electrons. The molecule has 0 N–H and O–H groups in total. The highest BCUT2D eigenvalue weighted by Crippen LogP contribution is 2.35. The van der Waals surface area contributed by atoms with E-state index >= 15 is 0 Å². The Balaban J connectivity index is 0.00000841.